The standard InChI is InChI=1S/C38H44ClN3O8S/c1-26(2)23-40-38(44)33(20-27-11-8-7-9-12-27)41(24-28-13-10-14-30(19-28)47-3)37(43)25-42(32-21-29(39)15-17-34(32)48-4)51(45,46)31-16-18-35(49-5)36(22-31)50-6/h7-19,21-22,26,33H,20,23-25H2,1-6H3,(H,40,44)/t33-/m0/s1. The minimum atomic E-state index is -4.51. The van der Waals surface area contributed by atoms with Gasteiger partial charge in [0.05, 0.1) is 39.0 Å². The van der Waals surface area contributed by atoms with Crippen LogP contribution < -0.4 is 28.6 Å². The lowest BCUT2D eigenvalue weighted by Crippen LogP contribution is -2.53. The van der Waals surface area contributed by atoms with Crippen molar-refractivity contribution in [3.05, 3.63) is 107 Å². The largest absolute Gasteiger partial charge is 0.497 e. The number of benzene rings is 4. The highest BCUT2D eigenvalue weighted by atomic mass is 35.5. The zero-order valence-corrected chi connectivity index (χ0v) is 31.2. The molecule has 1 atom stereocenters. The number of nitrogens with zero attached hydrogens (tertiary/aromatic N) is 2. The van der Waals surface area contributed by atoms with Crippen molar-refractivity contribution in [2.45, 2.75) is 37.8 Å². The van der Waals surface area contributed by atoms with Gasteiger partial charge >= 0.3 is 0 Å². The number of nitrogens with one attached hydrogen (secondary N) is 1. The van der Waals surface area contributed by atoms with Gasteiger partial charge in [0.2, 0.25) is 11.8 Å². The molecule has 0 spiro atoms. The molecule has 0 aliphatic carbocycles. The Kier molecular flexibility index (Phi) is 13.6. The molecule has 0 fully saturated rings. The summed E-state index contributed by atoms with van der Waals surface area (Å²) in [5, 5.41) is 3.20. The second-order valence-electron chi connectivity index (χ2n) is 12.1. The normalized spacial score (nSPS) is 11.8. The third kappa shape index (κ3) is 9.86. The van der Waals surface area contributed by atoms with Crippen molar-refractivity contribution in [1.82, 2.24) is 10.2 Å². The fourth-order valence-electron chi connectivity index (χ4n) is 5.42. The van der Waals surface area contributed by atoms with Gasteiger partial charge in [-0.25, -0.2) is 8.42 Å². The SMILES string of the molecule is COc1cccc(CN(C(=O)CN(c2cc(Cl)ccc2OC)S(=O)(=O)c2ccc(OC)c(OC)c2)[C@@H](Cc2ccccc2)C(=O)NCC(C)C)c1. The van der Waals surface area contributed by atoms with E-state index in [9.17, 15) is 18.0 Å². The monoisotopic (exact) mass is 737 g/mol. The molecule has 0 aliphatic rings. The van der Waals surface area contributed by atoms with Crippen LogP contribution >= 0.6 is 11.6 Å². The van der Waals surface area contributed by atoms with Crippen LogP contribution in [-0.4, -0.2) is 72.7 Å². The second-order valence-corrected chi connectivity index (χ2v) is 14.4. The summed E-state index contributed by atoms with van der Waals surface area (Å²) in [6.07, 6.45) is 0.170. The van der Waals surface area contributed by atoms with Crippen molar-refractivity contribution in [3.63, 3.8) is 0 Å². The number of carbonyl (C=O) groups is 2. The Morgan fingerprint density at radius 3 is 2.08 bits per heavy atom. The first kappa shape index (κ1) is 38.9. The van der Waals surface area contributed by atoms with Crippen molar-refractivity contribution in [2.24, 2.45) is 5.92 Å². The maximum Gasteiger partial charge on any atom is 0.265 e. The molecule has 0 aromatic heterocycles. The summed E-state index contributed by atoms with van der Waals surface area (Å²) >= 11 is 6.41. The average molecular weight is 738 g/mol. The topological polar surface area (TPSA) is 124 Å². The lowest BCUT2D eigenvalue weighted by Gasteiger charge is -2.34. The average Bonchev–Trinajstić information content (AvgIpc) is 3.14. The summed E-state index contributed by atoms with van der Waals surface area (Å²) in [5.74, 6) is 0.331. The van der Waals surface area contributed by atoms with Crippen LogP contribution in [0.1, 0.15) is 25.0 Å². The van der Waals surface area contributed by atoms with Crippen molar-refractivity contribution in [3.8, 4) is 23.0 Å². The molecule has 2 amide bonds. The maximum atomic E-state index is 14.8. The zero-order valence-electron chi connectivity index (χ0n) is 29.6. The molecule has 4 aromatic carbocycles. The first-order valence-corrected chi connectivity index (χ1v) is 18.1. The van der Waals surface area contributed by atoms with Gasteiger partial charge in [-0.3, -0.25) is 13.9 Å². The van der Waals surface area contributed by atoms with Crippen LogP contribution in [-0.2, 0) is 32.6 Å². The predicted molar refractivity (Wildman–Crippen MR) is 197 cm³/mol. The number of anilines is 1. The van der Waals surface area contributed by atoms with E-state index in [1.165, 1.54) is 63.7 Å². The fraction of sp³-hybridized carbons (Fsp3) is 0.316. The van der Waals surface area contributed by atoms with Crippen LogP contribution in [0, 0.1) is 5.92 Å². The highest BCUT2D eigenvalue weighted by molar-refractivity contribution is 7.92. The number of rotatable bonds is 17. The number of carbonyl (C=O) groups excluding carboxylic acids is 2. The lowest BCUT2D eigenvalue weighted by molar-refractivity contribution is -0.140. The smallest absolute Gasteiger partial charge is 0.265 e. The molecule has 0 saturated heterocycles. The summed E-state index contributed by atoms with van der Waals surface area (Å²) in [7, 11) is 1.25. The van der Waals surface area contributed by atoms with E-state index in [4.69, 9.17) is 30.5 Å². The second kappa shape index (κ2) is 17.8. The summed E-state index contributed by atoms with van der Waals surface area (Å²) in [6.45, 7) is 3.59. The van der Waals surface area contributed by atoms with E-state index < -0.39 is 28.5 Å². The van der Waals surface area contributed by atoms with Crippen LogP contribution in [0.15, 0.2) is 95.9 Å². The van der Waals surface area contributed by atoms with Gasteiger partial charge in [-0.05, 0) is 59.5 Å². The highest BCUT2D eigenvalue weighted by Crippen LogP contribution is 2.37. The van der Waals surface area contributed by atoms with Crippen molar-refractivity contribution >= 4 is 39.1 Å². The van der Waals surface area contributed by atoms with Gasteiger partial charge in [0.1, 0.15) is 24.1 Å². The minimum absolute atomic E-state index is 0.0262. The molecule has 0 radical (unpaired) electrons. The van der Waals surface area contributed by atoms with Gasteiger partial charge in [-0.2, -0.15) is 0 Å². The third-order valence-electron chi connectivity index (χ3n) is 8.07. The van der Waals surface area contributed by atoms with E-state index in [1.54, 1.807) is 24.3 Å². The number of hydrogen-bond acceptors (Lipinski definition) is 8. The van der Waals surface area contributed by atoms with Crippen LogP contribution in [0.4, 0.5) is 5.69 Å². The molecule has 272 valence electrons. The van der Waals surface area contributed by atoms with E-state index in [0.717, 1.165) is 9.87 Å². The van der Waals surface area contributed by atoms with Gasteiger partial charge < -0.3 is 29.2 Å². The molecule has 0 heterocycles. The number of methoxy groups -OCH3 is 4. The molecule has 0 bridgehead atoms. The first-order valence-electron chi connectivity index (χ1n) is 16.2. The summed E-state index contributed by atoms with van der Waals surface area (Å²) in [4.78, 5) is 30.1. The van der Waals surface area contributed by atoms with Crippen LogP contribution in [0.5, 0.6) is 23.0 Å². The van der Waals surface area contributed by atoms with E-state index in [1.807, 2.05) is 50.2 Å². The summed E-state index contributed by atoms with van der Waals surface area (Å²) in [5.41, 5.74) is 1.52. The van der Waals surface area contributed by atoms with Crippen molar-refractivity contribution in [2.75, 3.05) is 45.8 Å². The first-order chi connectivity index (χ1) is 24.4. The Morgan fingerprint density at radius 1 is 0.765 bits per heavy atom. The Bertz CT molecular complexity index is 1910. The molecule has 0 aliphatic heterocycles. The van der Waals surface area contributed by atoms with E-state index in [2.05, 4.69) is 5.32 Å². The molecule has 4 rings (SSSR count). The summed E-state index contributed by atoms with van der Waals surface area (Å²) < 4.78 is 51.9. The van der Waals surface area contributed by atoms with Gasteiger partial charge in [0, 0.05) is 30.6 Å². The molecule has 11 nitrogen and oxygen atoms in total. The Morgan fingerprint density at radius 2 is 1.43 bits per heavy atom. The lowest BCUT2D eigenvalue weighted by atomic mass is 10.0. The Hall–Kier alpha value is -4.94. The molecular formula is C38H44ClN3O8S. The van der Waals surface area contributed by atoms with Crippen LogP contribution in [0.25, 0.3) is 0 Å². The minimum Gasteiger partial charge on any atom is -0.497 e. The number of amides is 2. The molecule has 4 aromatic rings. The molecule has 0 unspecified atom stereocenters. The third-order valence-corrected chi connectivity index (χ3v) is 10.1. The molecule has 1 N–H and O–H groups in total. The number of ether oxygens (including phenoxy) is 4. The van der Waals surface area contributed by atoms with E-state index in [0.29, 0.717) is 23.6 Å². The molecule has 0 saturated carbocycles. The molecule has 51 heavy (non-hydrogen) atoms. The Balaban J connectivity index is 1.89. The zero-order chi connectivity index (χ0) is 37.1. The van der Waals surface area contributed by atoms with Crippen molar-refractivity contribution < 1.29 is 37.0 Å². The van der Waals surface area contributed by atoms with Gasteiger partial charge in [0.15, 0.2) is 11.5 Å². The van der Waals surface area contributed by atoms with E-state index >= 15 is 0 Å². The predicted octanol–water partition coefficient (Wildman–Crippen LogP) is 5.98. The van der Waals surface area contributed by atoms with Crippen LogP contribution in [0.2, 0.25) is 5.02 Å². The quantitative estimate of drug-likeness (QED) is 0.140. The maximum absolute atomic E-state index is 14.8. The van der Waals surface area contributed by atoms with Crippen LogP contribution in [0.3, 0.4) is 0 Å². The van der Waals surface area contributed by atoms with Gasteiger partial charge in [-0.1, -0.05) is 67.9 Å². The van der Waals surface area contributed by atoms with Gasteiger partial charge in [-0.15, -0.1) is 0 Å². The number of sulfonamides is 1. The number of halogens is 1. The van der Waals surface area contributed by atoms with Crippen molar-refractivity contribution in [1.29, 1.82) is 0 Å². The Labute approximate surface area is 305 Å². The summed E-state index contributed by atoms with van der Waals surface area (Å²) in [6, 6.07) is 24.1. The number of hydrogen-bond donors (Lipinski definition) is 1. The molecular weight excluding hydrogens is 694 g/mol. The fourth-order valence-corrected chi connectivity index (χ4v) is 7.02. The van der Waals surface area contributed by atoms with E-state index in [-0.39, 0.29) is 51.9 Å². The van der Waals surface area contributed by atoms with Gasteiger partial charge in [0.25, 0.3) is 10.0 Å². The molecule has 13 heteroatoms. The highest BCUT2D eigenvalue weighted by Gasteiger charge is 2.36.